The number of rotatable bonds is 9. The van der Waals surface area contributed by atoms with Crippen LogP contribution in [0.2, 0.25) is 0 Å². The fourth-order valence-electron chi connectivity index (χ4n) is 2.25. The Hall–Kier alpha value is -1.59. The predicted molar refractivity (Wildman–Crippen MR) is 98.2 cm³/mol. The minimum Gasteiger partial charge on any atom is -0.396 e. The first-order valence-electron chi connectivity index (χ1n) is 8.61. The topological polar surface area (TPSA) is 70.6 Å². The number of carbonyl (C=O) groups excluding carboxylic acids is 1. The molecule has 0 radical (unpaired) electrons. The van der Waals surface area contributed by atoms with E-state index in [-0.39, 0.29) is 24.2 Å². The molecule has 0 bridgehead atoms. The van der Waals surface area contributed by atoms with Crippen molar-refractivity contribution in [3.8, 4) is 0 Å². The molecule has 0 saturated heterocycles. The number of amides is 2. The summed E-state index contributed by atoms with van der Waals surface area (Å²) in [6.45, 7) is 11.3. The molecular weight excluding hydrogens is 304 g/mol. The van der Waals surface area contributed by atoms with Gasteiger partial charge in [0.2, 0.25) is 0 Å². The van der Waals surface area contributed by atoms with E-state index in [1.165, 1.54) is 0 Å². The van der Waals surface area contributed by atoms with Crippen LogP contribution in [0.4, 0.5) is 10.5 Å². The van der Waals surface area contributed by atoms with E-state index in [1.54, 1.807) is 0 Å². The first-order chi connectivity index (χ1) is 11.2. The summed E-state index contributed by atoms with van der Waals surface area (Å²) >= 11 is 0. The lowest BCUT2D eigenvalue weighted by molar-refractivity contribution is 0.0654. The van der Waals surface area contributed by atoms with E-state index >= 15 is 0 Å². The fraction of sp³-hybridized carbons (Fsp3) is 0.632. The van der Waals surface area contributed by atoms with Crippen molar-refractivity contribution in [3.63, 3.8) is 0 Å². The summed E-state index contributed by atoms with van der Waals surface area (Å²) in [6, 6.07) is 5.62. The first-order valence-corrected chi connectivity index (χ1v) is 8.61. The van der Waals surface area contributed by atoms with Crippen molar-refractivity contribution in [2.45, 2.75) is 60.2 Å². The lowest BCUT2D eigenvalue weighted by Crippen LogP contribution is -2.30. The van der Waals surface area contributed by atoms with Gasteiger partial charge in [0.1, 0.15) is 0 Å². The highest BCUT2D eigenvalue weighted by Crippen LogP contribution is 2.21. The molecule has 3 N–H and O–H groups in total. The minimum absolute atomic E-state index is 0.0977. The number of hydrogen-bond acceptors (Lipinski definition) is 3. The molecule has 0 atom stereocenters. The zero-order chi connectivity index (χ0) is 18.2. The second kappa shape index (κ2) is 9.64. The third-order valence-electron chi connectivity index (χ3n) is 4.01. The molecule has 0 unspecified atom stereocenters. The maximum absolute atomic E-state index is 12.0. The molecule has 5 heteroatoms. The third kappa shape index (κ3) is 7.32. The minimum atomic E-state index is -0.207. The van der Waals surface area contributed by atoms with Crippen LogP contribution in [0.3, 0.4) is 0 Å². The molecule has 0 aliphatic heterocycles. The van der Waals surface area contributed by atoms with Gasteiger partial charge in [-0.1, -0.05) is 26.0 Å². The van der Waals surface area contributed by atoms with Crippen molar-refractivity contribution in [2.75, 3.05) is 18.5 Å². The Labute approximate surface area is 145 Å². The Kier molecular flexibility index (Phi) is 8.22. The molecule has 0 heterocycles. The Balaban J connectivity index is 2.48. The smallest absolute Gasteiger partial charge is 0.319 e. The highest BCUT2D eigenvalue weighted by molar-refractivity contribution is 5.90. The van der Waals surface area contributed by atoms with E-state index in [9.17, 15) is 9.90 Å². The normalized spacial score (nSPS) is 11.6. The number of urea groups is 1. The summed E-state index contributed by atoms with van der Waals surface area (Å²) in [4.78, 5) is 12.0. The molecule has 0 aliphatic rings. The Bertz CT molecular complexity index is 527. The molecule has 5 nitrogen and oxygen atoms in total. The third-order valence-corrected chi connectivity index (χ3v) is 4.01. The Morgan fingerprint density at radius 3 is 2.67 bits per heavy atom. The molecule has 1 rings (SSSR count). The quantitative estimate of drug-likeness (QED) is 0.600. The van der Waals surface area contributed by atoms with Crippen molar-refractivity contribution in [2.24, 2.45) is 5.41 Å². The van der Waals surface area contributed by atoms with E-state index in [1.807, 2.05) is 52.8 Å². The lowest BCUT2D eigenvalue weighted by atomic mass is 9.89. The second-order valence-corrected chi connectivity index (χ2v) is 7.26. The lowest BCUT2D eigenvalue weighted by Gasteiger charge is -2.21. The summed E-state index contributed by atoms with van der Waals surface area (Å²) in [6.07, 6.45) is 1.88. The van der Waals surface area contributed by atoms with Gasteiger partial charge in [-0.2, -0.15) is 0 Å². The molecule has 0 fully saturated rings. The molecule has 136 valence electrons. The van der Waals surface area contributed by atoms with E-state index < -0.39 is 0 Å². The molecular formula is C19H32N2O3. The number of nitrogens with one attached hydrogen (secondary N) is 2. The maximum Gasteiger partial charge on any atom is 0.319 e. The van der Waals surface area contributed by atoms with Gasteiger partial charge in [-0.3, -0.25) is 0 Å². The number of aliphatic hydroxyl groups excluding tert-OH is 1. The van der Waals surface area contributed by atoms with Crippen LogP contribution in [-0.4, -0.2) is 30.4 Å². The number of anilines is 1. The largest absolute Gasteiger partial charge is 0.396 e. The average molecular weight is 336 g/mol. The summed E-state index contributed by atoms with van der Waals surface area (Å²) < 4.78 is 5.64. The monoisotopic (exact) mass is 336 g/mol. The van der Waals surface area contributed by atoms with Crippen molar-refractivity contribution in [1.82, 2.24) is 5.32 Å². The van der Waals surface area contributed by atoms with Gasteiger partial charge in [-0.15, -0.1) is 0 Å². The van der Waals surface area contributed by atoms with Crippen LogP contribution in [0, 0.1) is 12.3 Å². The second-order valence-electron chi connectivity index (χ2n) is 7.26. The molecule has 0 aromatic heterocycles. The number of ether oxygens (including phenoxy) is 1. The average Bonchev–Trinajstić information content (AvgIpc) is 2.52. The van der Waals surface area contributed by atoms with Gasteiger partial charge in [0, 0.05) is 18.8 Å². The first kappa shape index (κ1) is 20.5. The summed E-state index contributed by atoms with van der Waals surface area (Å²) in [7, 11) is 0. The molecule has 0 spiro atoms. The standard InChI is InChI=1S/C19H32N2O3/c1-14(2)24-12-16-8-6-9-17(15(16)3)21-18(23)20-11-7-10-19(4,5)13-22/h6,8-9,14,22H,7,10-13H2,1-5H3,(H2,20,21,23). The van der Waals surface area contributed by atoms with Crippen LogP contribution < -0.4 is 10.6 Å². The van der Waals surface area contributed by atoms with Crippen molar-refractivity contribution in [1.29, 1.82) is 0 Å². The fourth-order valence-corrected chi connectivity index (χ4v) is 2.25. The zero-order valence-electron chi connectivity index (χ0n) is 15.6. The van der Waals surface area contributed by atoms with Crippen LogP contribution >= 0.6 is 0 Å². The van der Waals surface area contributed by atoms with Crippen LogP contribution in [0.1, 0.15) is 51.7 Å². The van der Waals surface area contributed by atoms with Gasteiger partial charge in [0.05, 0.1) is 12.7 Å². The maximum atomic E-state index is 12.0. The van der Waals surface area contributed by atoms with E-state index in [2.05, 4.69) is 10.6 Å². The molecule has 2 amide bonds. The van der Waals surface area contributed by atoms with Crippen LogP contribution in [0.5, 0.6) is 0 Å². The van der Waals surface area contributed by atoms with E-state index in [4.69, 9.17) is 4.74 Å². The number of hydrogen-bond donors (Lipinski definition) is 3. The zero-order valence-corrected chi connectivity index (χ0v) is 15.6. The summed E-state index contributed by atoms with van der Waals surface area (Å²) in [5, 5.41) is 15.0. The molecule has 0 aliphatic carbocycles. The number of aliphatic hydroxyl groups is 1. The highest BCUT2D eigenvalue weighted by Gasteiger charge is 2.15. The van der Waals surface area contributed by atoms with Gasteiger partial charge in [0.15, 0.2) is 0 Å². The molecule has 24 heavy (non-hydrogen) atoms. The van der Waals surface area contributed by atoms with Crippen molar-refractivity contribution >= 4 is 11.7 Å². The summed E-state index contributed by atoms with van der Waals surface area (Å²) in [5.41, 5.74) is 2.80. The SMILES string of the molecule is Cc1c(COC(C)C)cccc1NC(=O)NCCCC(C)(C)CO. The van der Waals surface area contributed by atoms with Crippen LogP contribution in [0.25, 0.3) is 0 Å². The van der Waals surface area contributed by atoms with Crippen molar-refractivity contribution < 1.29 is 14.6 Å². The van der Waals surface area contributed by atoms with Crippen LogP contribution in [0.15, 0.2) is 18.2 Å². The molecule has 0 saturated carbocycles. The highest BCUT2D eigenvalue weighted by atomic mass is 16.5. The van der Waals surface area contributed by atoms with E-state index in [0.717, 1.165) is 29.7 Å². The molecule has 1 aromatic carbocycles. The summed E-state index contributed by atoms with van der Waals surface area (Å²) in [5.74, 6) is 0. The van der Waals surface area contributed by atoms with Gasteiger partial charge >= 0.3 is 6.03 Å². The molecule has 1 aromatic rings. The Morgan fingerprint density at radius 2 is 2.04 bits per heavy atom. The van der Waals surface area contributed by atoms with Crippen LogP contribution in [-0.2, 0) is 11.3 Å². The van der Waals surface area contributed by atoms with E-state index in [0.29, 0.717) is 13.2 Å². The van der Waals surface area contributed by atoms with Gasteiger partial charge < -0.3 is 20.5 Å². The van der Waals surface area contributed by atoms with Gasteiger partial charge in [-0.25, -0.2) is 4.79 Å². The predicted octanol–water partition coefficient (Wildman–Crippen LogP) is 3.84. The van der Waals surface area contributed by atoms with Crippen molar-refractivity contribution in [3.05, 3.63) is 29.3 Å². The Morgan fingerprint density at radius 1 is 1.33 bits per heavy atom. The number of benzene rings is 1. The van der Waals surface area contributed by atoms with Gasteiger partial charge in [0.25, 0.3) is 0 Å². The van der Waals surface area contributed by atoms with Gasteiger partial charge in [-0.05, 0) is 56.2 Å². The number of carbonyl (C=O) groups is 1.